The molecule has 0 saturated carbocycles. The van der Waals surface area contributed by atoms with Crippen molar-refractivity contribution in [1.82, 2.24) is 14.5 Å². The number of rotatable bonds is 6. The van der Waals surface area contributed by atoms with Gasteiger partial charge in [0.2, 0.25) is 0 Å². The van der Waals surface area contributed by atoms with Crippen molar-refractivity contribution in [1.29, 1.82) is 0 Å². The van der Waals surface area contributed by atoms with Crippen LogP contribution in [-0.4, -0.2) is 33.6 Å². The Hall–Kier alpha value is -1.61. The molecule has 0 amide bonds. The molecule has 0 fully saturated rings. The Labute approximate surface area is 115 Å². The largest absolute Gasteiger partial charge is 0.328 e. The number of hydrogen-bond donors (Lipinski definition) is 0. The van der Waals surface area contributed by atoms with Crippen molar-refractivity contribution in [2.24, 2.45) is 0 Å². The molecule has 2 aromatic rings. The summed E-state index contributed by atoms with van der Waals surface area (Å²) in [6.45, 7) is 8.86. The standard InChI is InChI=1S/C16H23N3/c1-4-18(5-2)14(3)16(19-12-11-17-13-19)15-9-7-6-8-10-15/h6-14,16H,4-5H2,1-3H3/t14-,16+/m0/s1. The lowest BCUT2D eigenvalue weighted by Crippen LogP contribution is -2.39. The molecule has 1 aromatic carbocycles. The van der Waals surface area contributed by atoms with Crippen LogP contribution in [0.5, 0.6) is 0 Å². The van der Waals surface area contributed by atoms with Gasteiger partial charge in [0.25, 0.3) is 0 Å². The quantitative estimate of drug-likeness (QED) is 0.792. The first-order valence-corrected chi connectivity index (χ1v) is 7.04. The van der Waals surface area contributed by atoms with Crippen molar-refractivity contribution >= 4 is 0 Å². The summed E-state index contributed by atoms with van der Waals surface area (Å²) in [4.78, 5) is 6.69. The predicted molar refractivity (Wildman–Crippen MR) is 79.2 cm³/mol. The van der Waals surface area contributed by atoms with Crippen molar-refractivity contribution in [2.75, 3.05) is 13.1 Å². The van der Waals surface area contributed by atoms with Gasteiger partial charge in [-0.05, 0) is 25.6 Å². The van der Waals surface area contributed by atoms with Crippen molar-refractivity contribution < 1.29 is 0 Å². The maximum Gasteiger partial charge on any atom is 0.0952 e. The maximum atomic E-state index is 4.21. The third-order valence-corrected chi connectivity index (χ3v) is 3.83. The van der Waals surface area contributed by atoms with E-state index < -0.39 is 0 Å². The molecular weight excluding hydrogens is 234 g/mol. The summed E-state index contributed by atoms with van der Waals surface area (Å²) in [5, 5.41) is 0. The van der Waals surface area contributed by atoms with Crippen molar-refractivity contribution in [3.8, 4) is 0 Å². The van der Waals surface area contributed by atoms with E-state index in [1.807, 2.05) is 12.5 Å². The van der Waals surface area contributed by atoms with E-state index in [2.05, 4.69) is 71.8 Å². The molecule has 2 rings (SSSR count). The SMILES string of the molecule is CCN(CC)[C@@H](C)[C@H](c1ccccc1)n1ccnc1. The van der Waals surface area contributed by atoms with Gasteiger partial charge >= 0.3 is 0 Å². The minimum Gasteiger partial charge on any atom is -0.328 e. The molecule has 0 bridgehead atoms. The topological polar surface area (TPSA) is 21.1 Å². The second-order valence-electron chi connectivity index (χ2n) is 4.83. The molecule has 102 valence electrons. The van der Waals surface area contributed by atoms with Crippen molar-refractivity contribution in [3.05, 3.63) is 54.6 Å². The van der Waals surface area contributed by atoms with E-state index in [0.29, 0.717) is 12.1 Å². The Morgan fingerprint density at radius 3 is 2.37 bits per heavy atom. The van der Waals surface area contributed by atoms with Gasteiger partial charge in [0.15, 0.2) is 0 Å². The van der Waals surface area contributed by atoms with Gasteiger partial charge in [0.05, 0.1) is 12.4 Å². The summed E-state index contributed by atoms with van der Waals surface area (Å²) < 4.78 is 2.21. The summed E-state index contributed by atoms with van der Waals surface area (Å²) in [7, 11) is 0. The Kier molecular flexibility index (Phi) is 4.74. The minimum absolute atomic E-state index is 0.309. The molecule has 0 spiro atoms. The highest BCUT2D eigenvalue weighted by Crippen LogP contribution is 2.25. The van der Waals surface area contributed by atoms with Gasteiger partial charge in [-0.2, -0.15) is 0 Å². The van der Waals surface area contributed by atoms with Crippen LogP contribution in [0.3, 0.4) is 0 Å². The lowest BCUT2D eigenvalue weighted by molar-refractivity contribution is 0.189. The molecule has 0 N–H and O–H groups in total. The number of hydrogen-bond acceptors (Lipinski definition) is 2. The maximum absolute atomic E-state index is 4.21. The fraction of sp³-hybridized carbons (Fsp3) is 0.438. The molecular formula is C16H23N3. The Morgan fingerprint density at radius 1 is 1.16 bits per heavy atom. The van der Waals surface area contributed by atoms with Gasteiger partial charge in [-0.25, -0.2) is 4.98 Å². The van der Waals surface area contributed by atoms with Crippen LogP contribution >= 0.6 is 0 Å². The van der Waals surface area contributed by atoms with Crippen LogP contribution in [-0.2, 0) is 0 Å². The smallest absolute Gasteiger partial charge is 0.0952 e. The highest BCUT2D eigenvalue weighted by molar-refractivity contribution is 5.21. The van der Waals surface area contributed by atoms with E-state index in [4.69, 9.17) is 0 Å². The van der Waals surface area contributed by atoms with Crippen LogP contribution in [0, 0.1) is 0 Å². The summed E-state index contributed by atoms with van der Waals surface area (Å²) in [5.41, 5.74) is 1.33. The molecule has 0 aliphatic rings. The van der Waals surface area contributed by atoms with E-state index >= 15 is 0 Å². The molecule has 1 heterocycles. The predicted octanol–water partition coefficient (Wildman–Crippen LogP) is 3.20. The first-order chi connectivity index (χ1) is 9.27. The fourth-order valence-electron chi connectivity index (χ4n) is 2.78. The van der Waals surface area contributed by atoms with Crippen LogP contribution in [0.15, 0.2) is 49.1 Å². The van der Waals surface area contributed by atoms with Crippen LogP contribution in [0.1, 0.15) is 32.4 Å². The van der Waals surface area contributed by atoms with Gasteiger partial charge in [-0.3, -0.25) is 4.90 Å². The first-order valence-electron chi connectivity index (χ1n) is 7.04. The van der Waals surface area contributed by atoms with Crippen molar-refractivity contribution in [2.45, 2.75) is 32.9 Å². The normalized spacial score (nSPS) is 14.5. The third kappa shape index (κ3) is 3.04. The Bertz CT molecular complexity index is 460. The van der Waals surface area contributed by atoms with E-state index in [1.54, 1.807) is 0 Å². The van der Waals surface area contributed by atoms with E-state index in [-0.39, 0.29) is 0 Å². The summed E-state index contributed by atoms with van der Waals surface area (Å²) in [6.07, 6.45) is 5.82. The van der Waals surface area contributed by atoms with Gasteiger partial charge in [-0.15, -0.1) is 0 Å². The zero-order valence-electron chi connectivity index (χ0n) is 12.0. The van der Waals surface area contributed by atoms with Gasteiger partial charge in [0, 0.05) is 18.4 Å². The lowest BCUT2D eigenvalue weighted by atomic mass is 9.99. The minimum atomic E-state index is 0.309. The van der Waals surface area contributed by atoms with Gasteiger partial charge in [-0.1, -0.05) is 44.2 Å². The third-order valence-electron chi connectivity index (χ3n) is 3.83. The summed E-state index contributed by atoms with van der Waals surface area (Å²) in [5.74, 6) is 0. The molecule has 0 unspecified atom stereocenters. The average molecular weight is 257 g/mol. The number of imidazole rings is 1. The molecule has 0 saturated heterocycles. The van der Waals surface area contributed by atoms with Crippen LogP contribution in [0.25, 0.3) is 0 Å². The highest BCUT2D eigenvalue weighted by atomic mass is 15.2. The van der Waals surface area contributed by atoms with Crippen LogP contribution in [0.2, 0.25) is 0 Å². The van der Waals surface area contributed by atoms with E-state index in [9.17, 15) is 0 Å². The molecule has 0 aliphatic heterocycles. The fourth-order valence-corrected chi connectivity index (χ4v) is 2.78. The molecule has 1 aromatic heterocycles. The molecule has 3 nitrogen and oxygen atoms in total. The second kappa shape index (κ2) is 6.53. The van der Waals surface area contributed by atoms with Crippen LogP contribution in [0.4, 0.5) is 0 Å². The van der Waals surface area contributed by atoms with E-state index in [0.717, 1.165) is 13.1 Å². The molecule has 19 heavy (non-hydrogen) atoms. The zero-order chi connectivity index (χ0) is 13.7. The summed E-state index contributed by atoms with van der Waals surface area (Å²) >= 11 is 0. The highest BCUT2D eigenvalue weighted by Gasteiger charge is 2.24. The Morgan fingerprint density at radius 2 is 1.84 bits per heavy atom. The second-order valence-corrected chi connectivity index (χ2v) is 4.83. The van der Waals surface area contributed by atoms with Gasteiger partial charge < -0.3 is 4.57 Å². The number of aromatic nitrogens is 2. The summed E-state index contributed by atoms with van der Waals surface area (Å²) in [6, 6.07) is 11.4. The molecule has 2 atom stereocenters. The van der Waals surface area contributed by atoms with Crippen molar-refractivity contribution in [3.63, 3.8) is 0 Å². The molecule has 0 radical (unpaired) electrons. The lowest BCUT2D eigenvalue weighted by Gasteiger charge is -2.34. The zero-order valence-corrected chi connectivity index (χ0v) is 12.0. The monoisotopic (exact) mass is 257 g/mol. The van der Waals surface area contributed by atoms with E-state index in [1.165, 1.54) is 5.56 Å². The number of likely N-dealkylation sites (N-methyl/N-ethyl adjacent to an activating group) is 1. The number of benzene rings is 1. The molecule has 0 aliphatic carbocycles. The molecule has 3 heteroatoms. The number of nitrogens with zero attached hydrogens (tertiary/aromatic N) is 3. The van der Waals surface area contributed by atoms with Crippen LogP contribution < -0.4 is 0 Å². The average Bonchev–Trinajstić information content (AvgIpc) is 2.95. The van der Waals surface area contributed by atoms with Gasteiger partial charge in [0.1, 0.15) is 0 Å². The Balaban J connectivity index is 2.35. The first kappa shape index (κ1) is 13.8.